The Labute approximate surface area is 92.3 Å². The summed E-state index contributed by atoms with van der Waals surface area (Å²) >= 11 is 0. The van der Waals surface area contributed by atoms with Crippen molar-refractivity contribution in [2.45, 2.75) is 27.7 Å². The number of hydrogen-bond acceptors (Lipinski definition) is 2. The van der Waals surface area contributed by atoms with Gasteiger partial charge in [-0.15, -0.1) is 0 Å². The number of aldehydes is 2. The average Bonchev–Trinajstić information content (AvgIpc) is 2.33. The molecule has 0 saturated carbocycles. The van der Waals surface area contributed by atoms with Crippen molar-refractivity contribution in [1.82, 2.24) is 0 Å². The highest BCUT2D eigenvalue weighted by Gasteiger charge is 1.80. The van der Waals surface area contributed by atoms with Crippen LogP contribution in [0.2, 0.25) is 0 Å². The molecule has 0 bridgehead atoms. The van der Waals surface area contributed by atoms with E-state index in [0.717, 1.165) is 18.1 Å². The zero-order valence-electron chi connectivity index (χ0n) is 9.94. The summed E-state index contributed by atoms with van der Waals surface area (Å²) in [6.07, 6.45) is 1.75. The van der Waals surface area contributed by atoms with Gasteiger partial charge in [-0.25, -0.2) is 0 Å². The summed E-state index contributed by atoms with van der Waals surface area (Å²) in [7, 11) is 0. The molecule has 0 heterocycles. The minimum atomic E-state index is 0.204. The third-order valence-electron chi connectivity index (χ3n) is 1.21. The Morgan fingerprint density at radius 1 is 1.00 bits per heavy atom. The maximum absolute atomic E-state index is 10.0. The Kier molecular flexibility index (Phi) is 13.4. The van der Waals surface area contributed by atoms with E-state index in [1.165, 1.54) is 0 Å². The second-order valence-corrected chi connectivity index (χ2v) is 2.91. The first-order chi connectivity index (χ1) is 7.20. The molecule has 1 aromatic carbocycles. The molecule has 0 saturated heterocycles. The van der Waals surface area contributed by atoms with Crippen LogP contribution in [0.15, 0.2) is 30.3 Å². The molecule has 0 aromatic heterocycles. The quantitative estimate of drug-likeness (QED) is 0.698. The van der Waals surface area contributed by atoms with Crippen molar-refractivity contribution < 1.29 is 9.59 Å². The Morgan fingerprint density at radius 2 is 1.40 bits per heavy atom. The first-order valence-electron chi connectivity index (χ1n) is 5.16. The van der Waals surface area contributed by atoms with Crippen LogP contribution in [-0.2, 0) is 4.79 Å². The minimum absolute atomic E-state index is 0.204. The Balaban J connectivity index is 0. The van der Waals surface area contributed by atoms with Gasteiger partial charge in [0.1, 0.15) is 12.6 Å². The van der Waals surface area contributed by atoms with Gasteiger partial charge in [0, 0.05) is 11.5 Å². The fourth-order valence-corrected chi connectivity index (χ4v) is 0.532. The van der Waals surface area contributed by atoms with Gasteiger partial charge in [0.2, 0.25) is 0 Å². The van der Waals surface area contributed by atoms with Gasteiger partial charge in [0.25, 0.3) is 0 Å². The van der Waals surface area contributed by atoms with E-state index in [2.05, 4.69) is 0 Å². The Hall–Kier alpha value is -1.44. The smallest absolute Gasteiger partial charge is 0.150 e. The predicted octanol–water partition coefficient (Wildman–Crippen LogP) is 3.37. The molecular formula is C13H20O2. The first kappa shape index (κ1) is 16.0. The van der Waals surface area contributed by atoms with E-state index in [1.54, 1.807) is 12.1 Å². The monoisotopic (exact) mass is 208 g/mol. The zero-order valence-corrected chi connectivity index (χ0v) is 9.94. The summed E-state index contributed by atoms with van der Waals surface area (Å²) < 4.78 is 0. The van der Waals surface area contributed by atoms with Crippen LogP contribution in [0.5, 0.6) is 0 Å². The molecule has 84 valence electrons. The molecule has 0 aliphatic rings. The molecule has 0 radical (unpaired) electrons. The minimum Gasteiger partial charge on any atom is -0.303 e. The van der Waals surface area contributed by atoms with Crippen LogP contribution in [0.1, 0.15) is 38.1 Å². The van der Waals surface area contributed by atoms with E-state index < -0.39 is 0 Å². The molecule has 0 N–H and O–H groups in total. The van der Waals surface area contributed by atoms with Gasteiger partial charge in [-0.3, -0.25) is 4.79 Å². The van der Waals surface area contributed by atoms with Crippen LogP contribution in [0.25, 0.3) is 0 Å². The summed E-state index contributed by atoms with van der Waals surface area (Å²) in [6, 6.07) is 9.10. The van der Waals surface area contributed by atoms with E-state index in [0.29, 0.717) is 0 Å². The van der Waals surface area contributed by atoms with Crippen LogP contribution in [0.4, 0.5) is 0 Å². The summed E-state index contributed by atoms with van der Waals surface area (Å²) in [5.41, 5.74) is 0.729. The van der Waals surface area contributed by atoms with E-state index >= 15 is 0 Å². The molecule has 0 spiro atoms. The molecule has 15 heavy (non-hydrogen) atoms. The van der Waals surface area contributed by atoms with Crippen molar-refractivity contribution >= 4 is 12.6 Å². The number of carbonyl (C=O) groups is 2. The largest absolute Gasteiger partial charge is 0.303 e. The van der Waals surface area contributed by atoms with Crippen LogP contribution in [0.3, 0.4) is 0 Å². The lowest BCUT2D eigenvalue weighted by Crippen LogP contribution is -1.82. The maximum Gasteiger partial charge on any atom is 0.150 e. The van der Waals surface area contributed by atoms with E-state index in [4.69, 9.17) is 0 Å². The van der Waals surface area contributed by atoms with Crippen molar-refractivity contribution in [1.29, 1.82) is 0 Å². The predicted molar refractivity (Wildman–Crippen MR) is 64.1 cm³/mol. The number of benzene rings is 1. The van der Waals surface area contributed by atoms with E-state index in [1.807, 2.05) is 45.9 Å². The van der Waals surface area contributed by atoms with Gasteiger partial charge in [0.05, 0.1) is 0 Å². The fraction of sp³-hybridized carbons (Fsp3) is 0.385. The van der Waals surface area contributed by atoms with E-state index in [-0.39, 0.29) is 5.92 Å². The summed E-state index contributed by atoms with van der Waals surface area (Å²) in [4.78, 5) is 19.5. The molecule has 0 aliphatic carbocycles. The molecule has 0 aliphatic heterocycles. The van der Waals surface area contributed by atoms with Crippen LogP contribution in [0, 0.1) is 5.92 Å². The van der Waals surface area contributed by atoms with Crippen LogP contribution >= 0.6 is 0 Å². The van der Waals surface area contributed by atoms with E-state index in [9.17, 15) is 9.59 Å². The standard InChI is InChI=1S/C7H6O.C4H8O.C2H6/c8-6-7-4-2-1-3-5-7;1-4(2)3-5;1-2/h1-6H;3-4H,1-2H3;1-2H3. The molecule has 1 aromatic rings. The SMILES string of the molecule is CC.CC(C)C=O.O=Cc1ccccc1. The first-order valence-corrected chi connectivity index (χ1v) is 5.16. The highest BCUT2D eigenvalue weighted by molar-refractivity contribution is 5.74. The van der Waals surface area contributed by atoms with Crippen LogP contribution in [-0.4, -0.2) is 12.6 Å². The second-order valence-electron chi connectivity index (χ2n) is 2.91. The zero-order chi connectivity index (χ0) is 12.1. The summed E-state index contributed by atoms with van der Waals surface area (Å²) in [5, 5.41) is 0. The lowest BCUT2D eigenvalue weighted by molar-refractivity contribution is -0.110. The Morgan fingerprint density at radius 3 is 1.60 bits per heavy atom. The molecular weight excluding hydrogens is 188 g/mol. The van der Waals surface area contributed by atoms with Gasteiger partial charge in [-0.2, -0.15) is 0 Å². The molecule has 0 unspecified atom stereocenters. The molecule has 2 heteroatoms. The van der Waals surface area contributed by atoms with Gasteiger partial charge >= 0.3 is 0 Å². The topological polar surface area (TPSA) is 34.1 Å². The second kappa shape index (κ2) is 12.6. The molecule has 0 atom stereocenters. The van der Waals surface area contributed by atoms with Gasteiger partial charge in [-0.05, 0) is 0 Å². The Bertz CT molecular complexity index is 240. The molecule has 1 rings (SSSR count). The van der Waals surface area contributed by atoms with Gasteiger partial charge < -0.3 is 4.79 Å². The summed E-state index contributed by atoms with van der Waals surface area (Å²) in [6.45, 7) is 7.71. The van der Waals surface area contributed by atoms with Crippen molar-refractivity contribution in [3.63, 3.8) is 0 Å². The molecule has 0 amide bonds. The molecule has 2 nitrogen and oxygen atoms in total. The number of carbonyl (C=O) groups excluding carboxylic acids is 2. The highest BCUT2D eigenvalue weighted by Crippen LogP contribution is 1.91. The van der Waals surface area contributed by atoms with Crippen molar-refractivity contribution in [3.05, 3.63) is 35.9 Å². The molecule has 0 fully saturated rings. The lowest BCUT2D eigenvalue weighted by Gasteiger charge is -1.81. The number of hydrogen-bond donors (Lipinski definition) is 0. The third-order valence-corrected chi connectivity index (χ3v) is 1.21. The van der Waals surface area contributed by atoms with Gasteiger partial charge in [0.15, 0.2) is 0 Å². The lowest BCUT2D eigenvalue weighted by atomic mass is 10.2. The van der Waals surface area contributed by atoms with Crippen molar-refractivity contribution in [2.75, 3.05) is 0 Å². The third kappa shape index (κ3) is 12.6. The number of rotatable bonds is 2. The van der Waals surface area contributed by atoms with Crippen molar-refractivity contribution in [3.8, 4) is 0 Å². The fourth-order valence-electron chi connectivity index (χ4n) is 0.532. The normalized spacial score (nSPS) is 7.80. The van der Waals surface area contributed by atoms with Gasteiger partial charge in [-0.1, -0.05) is 58.0 Å². The highest BCUT2D eigenvalue weighted by atomic mass is 16.1. The average molecular weight is 208 g/mol. The van der Waals surface area contributed by atoms with Crippen LogP contribution < -0.4 is 0 Å². The maximum atomic E-state index is 10.0. The van der Waals surface area contributed by atoms with Crippen molar-refractivity contribution in [2.24, 2.45) is 5.92 Å². The summed E-state index contributed by atoms with van der Waals surface area (Å²) in [5.74, 6) is 0.204.